The Morgan fingerprint density at radius 3 is 2.56 bits per heavy atom. The Balaban J connectivity index is 2.03. The van der Waals surface area contributed by atoms with Crippen molar-refractivity contribution in [3.8, 4) is 0 Å². The predicted molar refractivity (Wildman–Crippen MR) is 98.4 cm³/mol. The molecule has 0 aliphatic rings. The second-order valence-electron chi connectivity index (χ2n) is 5.49. The van der Waals surface area contributed by atoms with E-state index < -0.39 is 32.2 Å². The molecule has 0 unspecified atom stereocenters. The third-order valence-corrected chi connectivity index (χ3v) is 4.94. The number of carbonyl (C=O) groups excluding carboxylic acids is 1. The number of hydrogen-bond acceptors (Lipinski definition) is 6. The van der Waals surface area contributed by atoms with Gasteiger partial charge in [0.25, 0.3) is 11.6 Å². The lowest BCUT2D eigenvalue weighted by molar-refractivity contribution is -0.384. The standard InChI is InChI=1S/C16H15ClFN3O5S/c1-27(25,26)10-5-6-13(14(9-10)21(23)24)19-7-8-20-16(22)15-11(17)3-2-4-12(15)18/h2-6,9,19H,7-8H2,1H3,(H,20,22). The highest BCUT2D eigenvalue weighted by molar-refractivity contribution is 7.90. The summed E-state index contributed by atoms with van der Waals surface area (Å²) in [6, 6.07) is 7.31. The van der Waals surface area contributed by atoms with E-state index in [2.05, 4.69) is 10.6 Å². The quantitative estimate of drug-likeness (QED) is 0.407. The fraction of sp³-hybridized carbons (Fsp3) is 0.188. The van der Waals surface area contributed by atoms with Crippen molar-refractivity contribution >= 4 is 38.7 Å². The molecule has 1 amide bonds. The van der Waals surface area contributed by atoms with Crippen LogP contribution in [0.3, 0.4) is 0 Å². The summed E-state index contributed by atoms with van der Waals surface area (Å²) in [4.78, 5) is 22.2. The maximum Gasteiger partial charge on any atom is 0.293 e. The molecule has 8 nitrogen and oxygen atoms in total. The van der Waals surface area contributed by atoms with Gasteiger partial charge in [-0.2, -0.15) is 0 Å². The number of anilines is 1. The molecule has 0 aliphatic carbocycles. The van der Waals surface area contributed by atoms with Gasteiger partial charge in [-0.15, -0.1) is 0 Å². The average molecular weight is 416 g/mol. The van der Waals surface area contributed by atoms with Gasteiger partial charge >= 0.3 is 0 Å². The second kappa shape index (κ2) is 8.31. The Morgan fingerprint density at radius 1 is 1.26 bits per heavy atom. The number of benzene rings is 2. The van der Waals surface area contributed by atoms with Gasteiger partial charge in [0.05, 0.1) is 20.4 Å². The van der Waals surface area contributed by atoms with E-state index in [0.29, 0.717) is 0 Å². The summed E-state index contributed by atoms with van der Waals surface area (Å²) in [7, 11) is -3.59. The van der Waals surface area contributed by atoms with Crippen LogP contribution in [-0.4, -0.2) is 38.6 Å². The lowest BCUT2D eigenvalue weighted by atomic mass is 10.2. The van der Waals surface area contributed by atoms with Crippen molar-refractivity contribution in [2.24, 2.45) is 0 Å². The Bertz CT molecular complexity index is 977. The van der Waals surface area contributed by atoms with Gasteiger partial charge in [-0.1, -0.05) is 17.7 Å². The molecule has 0 bridgehead atoms. The van der Waals surface area contributed by atoms with Crippen LogP contribution >= 0.6 is 11.6 Å². The van der Waals surface area contributed by atoms with Gasteiger partial charge in [0.1, 0.15) is 11.5 Å². The molecular weight excluding hydrogens is 401 g/mol. The highest BCUT2D eigenvalue weighted by Gasteiger charge is 2.19. The predicted octanol–water partition coefficient (Wildman–Crippen LogP) is 2.63. The minimum Gasteiger partial charge on any atom is -0.378 e. The smallest absolute Gasteiger partial charge is 0.293 e. The molecule has 0 aliphatic heterocycles. The van der Waals surface area contributed by atoms with Crippen LogP contribution in [0.25, 0.3) is 0 Å². The summed E-state index contributed by atoms with van der Waals surface area (Å²) in [6.07, 6.45) is 0.947. The molecule has 27 heavy (non-hydrogen) atoms. The zero-order valence-corrected chi connectivity index (χ0v) is 15.6. The van der Waals surface area contributed by atoms with E-state index in [0.717, 1.165) is 18.4 Å². The van der Waals surface area contributed by atoms with E-state index in [1.165, 1.54) is 24.3 Å². The lowest BCUT2D eigenvalue weighted by Crippen LogP contribution is -2.29. The van der Waals surface area contributed by atoms with Crippen molar-refractivity contribution in [2.75, 3.05) is 24.7 Å². The topological polar surface area (TPSA) is 118 Å². The molecule has 0 saturated heterocycles. The molecule has 2 aromatic rings. The molecular formula is C16H15ClFN3O5S. The van der Waals surface area contributed by atoms with Crippen molar-refractivity contribution in [2.45, 2.75) is 4.90 Å². The summed E-state index contributed by atoms with van der Waals surface area (Å²) in [6.45, 7) is 0.103. The second-order valence-corrected chi connectivity index (χ2v) is 7.91. The number of nitro benzene ring substituents is 1. The number of carbonyl (C=O) groups is 1. The first-order chi connectivity index (χ1) is 12.6. The zero-order valence-electron chi connectivity index (χ0n) is 14.0. The molecule has 2 N–H and O–H groups in total. The van der Waals surface area contributed by atoms with Gasteiger partial charge in [0.15, 0.2) is 9.84 Å². The molecule has 0 heterocycles. The monoisotopic (exact) mass is 415 g/mol. The number of nitrogens with one attached hydrogen (secondary N) is 2. The third-order valence-electron chi connectivity index (χ3n) is 3.51. The first kappa shape index (κ1) is 20.6. The fourth-order valence-corrected chi connectivity index (χ4v) is 3.11. The van der Waals surface area contributed by atoms with Crippen LogP contribution < -0.4 is 10.6 Å². The number of sulfone groups is 1. The number of nitro groups is 1. The van der Waals surface area contributed by atoms with Crippen LogP contribution in [0.5, 0.6) is 0 Å². The number of hydrogen-bond donors (Lipinski definition) is 2. The highest BCUT2D eigenvalue weighted by atomic mass is 35.5. The van der Waals surface area contributed by atoms with Crippen LogP contribution in [0.1, 0.15) is 10.4 Å². The van der Waals surface area contributed by atoms with Crippen molar-refractivity contribution in [3.63, 3.8) is 0 Å². The molecule has 2 aromatic carbocycles. The number of nitrogens with zero attached hydrogens (tertiary/aromatic N) is 1. The Labute approximate surface area is 159 Å². The van der Waals surface area contributed by atoms with Crippen molar-refractivity contribution in [1.29, 1.82) is 0 Å². The van der Waals surface area contributed by atoms with Gasteiger partial charge in [0, 0.05) is 25.4 Å². The molecule has 0 atom stereocenters. The van der Waals surface area contributed by atoms with Crippen LogP contribution in [0.4, 0.5) is 15.8 Å². The van der Waals surface area contributed by atoms with Crippen LogP contribution in [0, 0.1) is 15.9 Å². The number of halogens is 2. The average Bonchev–Trinajstić information content (AvgIpc) is 2.57. The van der Waals surface area contributed by atoms with E-state index in [9.17, 15) is 27.7 Å². The van der Waals surface area contributed by atoms with Gasteiger partial charge in [0.2, 0.25) is 0 Å². The Morgan fingerprint density at radius 2 is 1.96 bits per heavy atom. The lowest BCUT2D eigenvalue weighted by Gasteiger charge is -2.10. The van der Waals surface area contributed by atoms with E-state index in [4.69, 9.17) is 11.6 Å². The first-order valence-corrected chi connectivity index (χ1v) is 9.83. The van der Waals surface area contributed by atoms with E-state index in [1.54, 1.807) is 0 Å². The molecule has 0 aromatic heterocycles. The molecule has 0 spiro atoms. The highest BCUT2D eigenvalue weighted by Crippen LogP contribution is 2.27. The Kier molecular flexibility index (Phi) is 6.34. The van der Waals surface area contributed by atoms with Crippen LogP contribution in [0.2, 0.25) is 5.02 Å². The molecule has 0 saturated carbocycles. The van der Waals surface area contributed by atoms with Crippen LogP contribution in [-0.2, 0) is 9.84 Å². The minimum atomic E-state index is -3.59. The van der Waals surface area contributed by atoms with Crippen LogP contribution in [0.15, 0.2) is 41.3 Å². The number of rotatable bonds is 7. The number of amides is 1. The molecule has 0 radical (unpaired) electrons. The third kappa shape index (κ3) is 5.14. The maximum atomic E-state index is 13.7. The minimum absolute atomic E-state index is 0.0223. The summed E-state index contributed by atoms with van der Waals surface area (Å²) >= 11 is 5.80. The van der Waals surface area contributed by atoms with E-state index in [-0.39, 0.29) is 34.3 Å². The summed E-state index contributed by atoms with van der Waals surface area (Å²) in [5.41, 5.74) is -0.616. The van der Waals surface area contributed by atoms with Crippen molar-refractivity contribution in [1.82, 2.24) is 5.32 Å². The zero-order chi connectivity index (χ0) is 20.2. The SMILES string of the molecule is CS(=O)(=O)c1ccc(NCCNC(=O)c2c(F)cccc2Cl)c([N+](=O)[O-])c1. The fourth-order valence-electron chi connectivity index (χ4n) is 2.22. The van der Waals surface area contributed by atoms with Gasteiger partial charge in [-0.25, -0.2) is 12.8 Å². The summed E-state index contributed by atoms with van der Waals surface area (Å²) in [5, 5.41) is 16.3. The molecule has 144 valence electrons. The van der Waals surface area contributed by atoms with Gasteiger partial charge in [-0.05, 0) is 24.3 Å². The molecule has 2 rings (SSSR count). The Hall–Kier alpha value is -2.72. The van der Waals surface area contributed by atoms with E-state index in [1.807, 2.05) is 0 Å². The molecule has 11 heteroatoms. The van der Waals surface area contributed by atoms with Crippen molar-refractivity contribution < 1.29 is 22.5 Å². The van der Waals surface area contributed by atoms with Crippen molar-refractivity contribution in [3.05, 3.63) is 62.9 Å². The first-order valence-electron chi connectivity index (χ1n) is 7.56. The maximum absolute atomic E-state index is 13.7. The summed E-state index contributed by atoms with van der Waals surface area (Å²) < 4.78 is 36.7. The van der Waals surface area contributed by atoms with Gasteiger partial charge < -0.3 is 10.6 Å². The van der Waals surface area contributed by atoms with Gasteiger partial charge in [-0.3, -0.25) is 14.9 Å². The molecule has 0 fully saturated rings. The summed E-state index contributed by atoms with van der Waals surface area (Å²) in [5.74, 6) is -1.48. The normalized spacial score (nSPS) is 11.1. The van der Waals surface area contributed by atoms with E-state index >= 15 is 0 Å². The largest absolute Gasteiger partial charge is 0.378 e.